The monoisotopic (exact) mass is 719 g/mol. The third kappa shape index (κ3) is 6.53. The molecule has 2 unspecified atom stereocenters. The number of hydrogen-bond donors (Lipinski definition) is 1. The van der Waals surface area contributed by atoms with Crippen LogP contribution in [0.1, 0.15) is 53.8 Å². The minimum atomic E-state index is -4.73. The van der Waals surface area contributed by atoms with Gasteiger partial charge < -0.3 is 5.32 Å². The molecular formula is C34H27F6N3O4S2. The normalized spacial score (nSPS) is 19.5. The van der Waals surface area contributed by atoms with Gasteiger partial charge in [-0.3, -0.25) is 23.7 Å². The van der Waals surface area contributed by atoms with E-state index in [1.54, 1.807) is 12.1 Å². The van der Waals surface area contributed by atoms with Crippen molar-refractivity contribution in [3.63, 3.8) is 0 Å². The van der Waals surface area contributed by atoms with Gasteiger partial charge in [0.1, 0.15) is 11.8 Å². The molecule has 1 fully saturated rings. The molecule has 0 bridgehead atoms. The second-order valence-electron chi connectivity index (χ2n) is 12.7. The Hall–Kier alpha value is -4.37. The number of nitrogens with zero attached hydrogens (tertiary/aromatic N) is 2. The van der Waals surface area contributed by atoms with E-state index in [9.17, 15) is 45.5 Å². The van der Waals surface area contributed by atoms with Gasteiger partial charge in [0.15, 0.2) is 0 Å². The molecule has 3 aromatic carbocycles. The fourth-order valence-corrected chi connectivity index (χ4v) is 8.77. The number of amides is 3. The van der Waals surface area contributed by atoms with Crippen molar-refractivity contribution >= 4 is 52.2 Å². The molecule has 0 saturated carbocycles. The Balaban J connectivity index is 1.40. The van der Waals surface area contributed by atoms with Gasteiger partial charge in [-0.1, -0.05) is 80.3 Å². The SMILES string of the molecule is CC(C)(C)c1ccc([C@@H]2c3sc(=O)n(CC(=O)Nc4cccc(C(F)(F)F)c4)c3SC3C(=O)N(c4cccc(C(F)(F)F)c4)C(=O)C32)cc1. The molecule has 0 spiro atoms. The second kappa shape index (κ2) is 12.2. The summed E-state index contributed by atoms with van der Waals surface area (Å²) in [6.45, 7) is 5.42. The van der Waals surface area contributed by atoms with Crippen LogP contribution < -0.4 is 15.1 Å². The average Bonchev–Trinajstić information content (AvgIpc) is 3.46. The fourth-order valence-electron chi connectivity index (χ4n) is 6.00. The summed E-state index contributed by atoms with van der Waals surface area (Å²) in [6, 6.07) is 15.2. The number of carbonyl (C=O) groups is 3. The number of anilines is 2. The summed E-state index contributed by atoms with van der Waals surface area (Å²) in [4.78, 5) is 55.0. The zero-order valence-corrected chi connectivity index (χ0v) is 27.6. The number of rotatable bonds is 5. The number of carbonyl (C=O) groups excluding carboxylic acids is 3. The summed E-state index contributed by atoms with van der Waals surface area (Å²) in [5.41, 5.74) is -1.09. The molecule has 1 saturated heterocycles. The Kier molecular flexibility index (Phi) is 8.58. The van der Waals surface area contributed by atoms with Gasteiger partial charge in [0.05, 0.1) is 27.8 Å². The van der Waals surface area contributed by atoms with Gasteiger partial charge in [-0.05, 0) is 52.9 Å². The van der Waals surface area contributed by atoms with E-state index in [-0.39, 0.29) is 21.8 Å². The summed E-state index contributed by atoms with van der Waals surface area (Å²) in [6.07, 6.45) is -9.37. The number of fused-ring (bicyclic) bond motifs is 2. The zero-order valence-electron chi connectivity index (χ0n) is 26.0. The molecule has 256 valence electrons. The lowest BCUT2D eigenvalue weighted by Gasteiger charge is -2.31. The first-order chi connectivity index (χ1) is 22.8. The van der Waals surface area contributed by atoms with Crippen LogP contribution in [0.25, 0.3) is 0 Å². The molecule has 7 nitrogen and oxygen atoms in total. The van der Waals surface area contributed by atoms with E-state index in [4.69, 9.17) is 0 Å². The first-order valence-corrected chi connectivity index (χ1v) is 16.6. The third-order valence-corrected chi connectivity index (χ3v) is 11.0. The minimum absolute atomic E-state index is 0.144. The maximum absolute atomic E-state index is 14.1. The van der Waals surface area contributed by atoms with E-state index < -0.39 is 69.7 Å². The molecule has 4 aromatic rings. The highest BCUT2D eigenvalue weighted by Gasteiger charge is 2.57. The van der Waals surface area contributed by atoms with Crippen LogP contribution in [0.3, 0.4) is 0 Å². The number of thiazole rings is 1. The molecule has 3 atom stereocenters. The Morgan fingerprint density at radius 3 is 2.02 bits per heavy atom. The molecule has 0 aliphatic carbocycles. The summed E-state index contributed by atoms with van der Waals surface area (Å²) in [7, 11) is 0. The van der Waals surface area contributed by atoms with E-state index in [1.165, 1.54) is 12.1 Å². The number of benzene rings is 3. The number of nitrogens with one attached hydrogen (secondary N) is 1. The van der Waals surface area contributed by atoms with Gasteiger partial charge in [-0.25, -0.2) is 4.90 Å². The first-order valence-electron chi connectivity index (χ1n) is 14.9. The van der Waals surface area contributed by atoms with Crippen LogP contribution >= 0.6 is 23.1 Å². The average molecular weight is 720 g/mol. The van der Waals surface area contributed by atoms with Crippen molar-refractivity contribution in [2.75, 3.05) is 10.2 Å². The predicted octanol–water partition coefficient (Wildman–Crippen LogP) is 7.68. The fraction of sp³-hybridized carbons (Fsp3) is 0.294. The molecule has 15 heteroatoms. The quantitative estimate of drug-likeness (QED) is 0.169. The van der Waals surface area contributed by atoms with Crippen LogP contribution in [0.5, 0.6) is 0 Å². The van der Waals surface area contributed by atoms with Crippen LogP contribution in [-0.4, -0.2) is 27.5 Å². The van der Waals surface area contributed by atoms with Gasteiger partial charge >= 0.3 is 17.2 Å². The number of alkyl halides is 6. The number of halogens is 6. The van der Waals surface area contributed by atoms with Gasteiger partial charge in [-0.15, -0.1) is 0 Å². The third-order valence-electron chi connectivity index (χ3n) is 8.39. The second-order valence-corrected chi connectivity index (χ2v) is 14.8. The molecule has 6 rings (SSSR count). The lowest BCUT2D eigenvalue weighted by atomic mass is 9.81. The highest BCUT2D eigenvalue weighted by atomic mass is 32.2. The van der Waals surface area contributed by atoms with Gasteiger partial charge in [-0.2, -0.15) is 26.3 Å². The molecule has 3 heterocycles. The van der Waals surface area contributed by atoms with E-state index in [0.29, 0.717) is 10.4 Å². The lowest BCUT2D eigenvalue weighted by Crippen LogP contribution is -2.33. The number of imide groups is 1. The van der Waals surface area contributed by atoms with E-state index in [1.807, 2.05) is 32.9 Å². The maximum Gasteiger partial charge on any atom is 0.416 e. The van der Waals surface area contributed by atoms with Crippen LogP contribution in [0, 0.1) is 5.92 Å². The Morgan fingerprint density at radius 1 is 0.796 bits per heavy atom. The van der Waals surface area contributed by atoms with Crippen molar-refractivity contribution in [3.05, 3.63) is 110 Å². The number of thioether (sulfide) groups is 1. The van der Waals surface area contributed by atoms with Crippen LogP contribution in [-0.2, 0) is 38.7 Å². The summed E-state index contributed by atoms with van der Waals surface area (Å²) in [5, 5.41) is 1.43. The molecule has 3 amide bonds. The largest absolute Gasteiger partial charge is 0.416 e. The highest BCUT2D eigenvalue weighted by Crippen LogP contribution is 2.54. The molecule has 1 N–H and O–H groups in total. The van der Waals surface area contributed by atoms with Gasteiger partial charge in [0.2, 0.25) is 17.7 Å². The topological polar surface area (TPSA) is 88.5 Å². The smallest absolute Gasteiger partial charge is 0.325 e. The van der Waals surface area contributed by atoms with Crippen molar-refractivity contribution < 1.29 is 40.7 Å². The zero-order chi connectivity index (χ0) is 35.6. The van der Waals surface area contributed by atoms with Crippen LogP contribution in [0.15, 0.2) is 82.6 Å². The summed E-state index contributed by atoms with van der Waals surface area (Å²) < 4.78 is 81.5. The van der Waals surface area contributed by atoms with E-state index in [2.05, 4.69) is 5.32 Å². The Labute approximate surface area is 283 Å². The van der Waals surface area contributed by atoms with Crippen molar-refractivity contribution in [1.29, 1.82) is 0 Å². The van der Waals surface area contributed by atoms with E-state index in [0.717, 1.165) is 74.5 Å². The standard InChI is InChI=1S/C34H27F6N3O4S2/c1-32(2,3)18-12-10-17(11-13-18)24-25-26(29(46)43(28(25)45)22-9-5-7-20(15-22)34(38,39)40)48-30-27(24)49-31(47)42(30)16-23(44)41-21-8-4-6-19(14-21)33(35,36)37/h4-15,24-26H,16H2,1-3H3,(H,41,44)/t24-,25?,26?/m0/s1. The Bertz CT molecular complexity index is 2030. The molecule has 49 heavy (non-hydrogen) atoms. The maximum atomic E-state index is 14.1. The molecule has 2 aliphatic rings. The van der Waals surface area contributed by atoms with E-state index >= 15 is 0 Å². The number of hydrogen-bond acceptors (Lipinski definition) is 6. The van der Waals surface area contributed by atoms with Crippen molar-refractivity contribution in [2.24, 2.45) is 5.92 Å². The highest BCUT2D eigenvalue weighted by molar-refractivity contribution is 8.00. The van der Waals surface area contributed by atoms with Crippen molar-refractivity contribution in [1.82, 2.24) is 4.57 Å². The molecular weight excluding hydrogens is 693 g/mol. The van der Waals surface area contributed by atoms with Gasteiger partial charge in [0, 0.05) is 16.5 Å². The molecule has 1 aromatic heterocycles. The lowest BCUT2D eigenvalue weighted by molar-refractivity contribution is -0.138. The summed E-state index contributed by atoms with van der Waals surface area (Å²) in [5.74, 6) is -4.28. The van der Waals surface area contributed by atoms with Crippen molar-refractivity contribution in [3.8, 4) is 0 Å². The van der Waals surface area contributed by atoms with Gasteiger partial charge in [0.25, 0.3) is 0 Å². The number of aromatic nitrogens is 1. The Morgan fingerprint density at radius 2 is 1.41 bits per heavy atom. The molecule has 0 radical (unpaired) electrons. The predicted molar refractivity (Wildman–Crippen MR) is 173 cm³/mol. The molecule has 2 aliphatic heterocycles. The minimum Gasteiger partial charge on any atom is -0.325 e. The van der Waals surface area contributed by atoms with Crippen LogP contribution in [0.4, 0.5) is 37.7 Å². The first kappa shape index (κ1) is 34.5. The van der Waals surface area contributed by atoms with Crippen molar-refractivity contribution in [2.45, 2.75) is 61.3 Å². The van der Waals surface area contributed by atoms with Crippen LogP contribution in [0.2, 0.25) is 0 Å². The summed E-state index contributed by atoms with van der Waals surface area (Å²) >= 11 is 1.63.